The first-order valence-electron chi connectivity index (χ1n) is 9.44. The Morgan fingerprint density at radius 1 is 1.13 bits per heavy atom. The van der Waals surface area contributed by atoms with E-state index in [2.05, 4.69) is 42.1 Å². The van der Waals surface area contributed by atoms with Crippen LogP contribution in [0, 0.1) is 32.1 Å². The van der Waals surface area contributed by atoms with Crippen molar-refractivity contribution in [3.05, 3.63) is 58.8 Å². The molecule has 30 heavy (non-hydrogen) atoms. The molecule has 7 heteroatoms. The lowest BCUT2D eigenvalue weighted by Crippen LogP contribution is -2.34. The second-order valence-electron chi connectivity index (χ2n) is 7.28. The van der Waals surface area contributed by atoms with Crippen molar-refractivity contribution in [2.24, 2.45) is 0 Å². The van der Waals surface area contributed by atoms with Gasteiger partial charge in [-0.1, -0.05) is 12.1 Å². The molecular weight excluding hydrogens is 378 g/mol. The summed E-state index contributed by atoms with van der Waals surface area (Å²) in [4.78, 5) is 4.55. The van der Waals surface area contributed by atoms with E-state index in [4.69, 9.17) is 10.5 Å². The molecule has 0 bridgehead atoms. The van der Waals surface area contributed by atoms with Crippen LogP contribution in [0.4, 0.5) is 5.82 Å². The predicted molar refractivity (Wildman–Crippen MR) is 115 cm³/mol. The molecule has 2 aromatic heterocycles. The maximum Gasteiger partial charge on any atom is 0.359 e. The van der Waals surface area contributed by atoms with Gasteiger partial charge in [-0.3, -0.25) is 0 Å². The molecule has 0 aliphatic rings. The Morgan fingerprint density at radius 2 is 1.90 bits per heavy atom. The smallest absolute Gasteiger partial charge is 0.359 e. The van der Waals surface area contributed by atoms with Crippen LogP contribution in [0.2, 0.25) is 0 Å². The number of phenolic OH excluding ortho intramolecular Hbond substituents is 1. The minimum atomic E-state index is 0.0222. The number of nitrogens with one attached hydrogen (secondary N) is 1. The lowest BCUT2D eigenvalue weighted by atomic mass is 9.96. The number of nitriles is 1. The number of nitrogens with zero attached hydrogens (tertiary/aromatic N) is 3. The standard InChI is InChI=1S/C23H21N5O2/c1-12-5-7-16(9-13(12)2)28-23-20(14(3)27-28)21(17(11-24)22(25)26-23)15-6-8-18(29)19(10-15)30-4/h5-10H,1-4H3,(H3,25,26,27,29)/p+1. The number of H-pyrrole nitrogens is 1. The molecule has 0 aliphatic heterocycles. The minimum absolute atomic E-state index is 0.0222. The summed E-state index contributed by atoms with van der Waals surface area (Å²) in [5, 5.41) is 23.9. The van der Waals surface area contributed by atoms with Gasteiger partial charge in [0.25, 0.3) is 5.82 Å². The van der Waals surface area contributed by atoms with Crippen LogP contribution >= 0.6 is 0 Å². The van der Waals surface area contributed by atoms with E-state index in [1.54, 1.807) is 12.1 Å². The van der Waals surface area contributed by atoms with Crippen molar-refractivity contribution in [2.75, 3.05) is 12.8 Å². The van der Waals surface area contributed by atoms with Crippen molar-refractivity contribution < 1.29 is 14.5 Å². The minimum Gasteiger partial charge on any atom is -0.504 e. The molecule has 0 fully saturated rings. The van der Waals surface area contributed by atoms with Gasteiger partial charge in [0.05, 0.1) is 12.8 Å². The molecule has 2 aromatic carbocycles. The van der Waals surface area contributed by atoms with Gasteiger partial charge in [-0.05, 0) is 66.7 Å². The molecule has 150 valence electrons. The molecule has 0 amide bonds. The van der Waals surface area contributed by atoms with Crippen LogP contribution in [0.5, 0.6) is 11.5 Å². The Labute approximate surface area is 174 Å². The topological polar surface area (TPSA) is 112 Å². The number of pyridine rings is 1. The van der Waals surface area contributed by atoms with Gasteiger partial charge in [0.2, 0.25) is 0 Å². The highest BCUT2D eigenvalue weighted by atomic mass is 16.5. The number of methoxy groups -OCH3 is 1. The van der Waals surface area contributed by atoms with Crippen molar-refractivity contribution in [1.29, 1.82) is 5.26 Å². The normalized spacial score (nSPS) is 10.9. The zero-order valence-corrected chi connectivity index (χ0v) is 17.2. The number of anilines is 1. The first-order valence-corrected chi connectivity index (χ1v) is 9.44. The van der Waals surface area contributed by atoms with Gasteiger partial charge >= 0.3 is 5.65 Å². The molecule has 0 radical (unpaired) electrons. The van der Waals surface area contributed by atoms with E-state index in [0.717, 1.165) is 22.3 Å². The maximum atomic E-state index is 9.99. The fourth-order valence-electron chi connectivity index (χ4n) is 3.67. The summed E-state index contributed by atoms with van der Waals surface area (Å²) in [5.41, 5.74) is 12.6. The summed E-state index contributed by atoms with van der Waals surface area (Å²) in [5.74, 6) is 0.479. The monoisotopic (exact) mass is 400 g/mol. The molecule has 0 atom stereocenters. The highest BCUT2D eigenvalue weighted by molar-refractivity contribution is 5.99. The van der Waals surface area contributed by atoms with Gasteiger partial charge in [-0.2, -0.15) is 5.26 Å². The summed E-state index contributed by atoms with van der Waals surface area (Å²) in [6, 6.07) is 13.3. The molecular formula is C23H22N5O2+. The van der Waals surface area contributed by atoms with Crippen LogP contribution in [-0.2, 0) is 0 Å². The Bertz CT molecular complexity index is 1350. The van der Waals surface area contributed by atoms with Gasteiger partial charge < -0.3 is 15.6 Å². The number of hydrogen-bond acceptors (Lipinski definition) is 5. The zero-order valence-electron chi connectivity index (χ0n) is 17.2. The van der Waals surface area contributed by atoms with Crippen LogP contribution in [0.25, 0.3) is 27.8 Å². The number of aryl methyl sites for hydroxylation is 3. The van der Waals surface area contributed by atoms with Crippen molar-refractivity contribution in [3.8, 4) is 34.4 Å². The molecule has 0 spiro atoms. The van der Waals surface area contributed by atoms with Crippen LogP contribution < -0.4 is 15.2 Å². The Hall–Kier alpha value is -4.05. The third kappa shape index (κ3) is 2.90. The molecule has 7 nitrogen and oxygen atoms in total. The van der Waals surface area contributed by atoms with Gasteiger partial charge in [-0.25, -0.2) is 5.10 Å². The largest absolute Gasteiger partial charge is 0.504 e. The van der Waals surface area contributed by atoms with Gasteiger partial charge in [-0.15, -0.1) is 4.68 Å². The van der Waals surface area contributed by atoms with Crippen LogP contribution in [-0.4, -0.2) is 22.3 Å². The van der Waals surface area contributed by atoms with E-state index in [1.807, 2.05) is 17.7 Å². The molecule has 2 heterocycles. The first-order chi connectivity index (χ1) is 14.3. The quantitative estimate of drug-likeness (QED) is 0.455. The number of ether oxygens (including phenoxy) is 1. The number of aromatic nitrogens is 3. The highest BCUT2D eigenvalue weighted by Crippen LogP contribution is 2.38. The van der Waals surface area contributed by atoms with E-state index in [1.165, 1.54) is 18.7 Å². The molecule has 0 aliphatic carbocycles. The molecule has 4 rings (SSSR count). The molecule has 4 N–H and O–H groups in total. The number of rotatable bonds is 3. The average Bonchev–Trinajstić information content (AvgIpc) is 3.05. The average molecular weight is 400 g/mol. The van der Waals surface area contributed by atoms with E-state index in [9.17, 15) is 10.4 Å². The SMILES string of the molecule is COc1cc(-c2c(C#N)c(N)nc3c2c(C)[nH][n+]3-c2ccc(C)c(C)c2)ccc1O. The van der Waals surface area contributed by atoms with Gasteiger partial charge in [0, 0.05) is 5.56 Å². The number of nitrogens with two attached hydrogens (primary N) is 1. The van der Waals surface area contributed by atoms with Crippen molar-refractivity contribution >= 4 is 16.9 Å². The number of fused-ring (bicyclic) bond motifs is 1. The lowest BCUT2D eigenvalue weighted by molar-refractivity contribution is -0.632. The predicted octanol–water partition coefficient (Wildman–Crippen LogP) is 3.60. The summed E-state index contributed by atoms with van der Waals surface area (Å²) >= 11 is 0. The molecule has 0 unspecified atom stereocenters. The maximum absolute atomic E-state index is 9.99. The number of hydrogen-bond donors (Lipinski definition) is 3. The Kier molecular flexibility index (Phi) is 4.55. The van der Waals surface area contributed by atoms with E-state index in [0.29, 0.717) is 22.5 Å². The summed E-state index contributed by atoms with van der Waals surface area (Å²) in [6.45, 7) is 6.05. The van der Waals surface area contributed by atoms with Crippen LogP contribution in [0.3, 0.4) is 0 Å². The fourth-order valence-corrected chi connectivity index (χ4v) is 3.67. The molecule has 0 saturated carbocycles. The summed E-state index contributed by atoms with van der Waals surface area (Å²) in [7, 11) is 1.48. The lowest BCUT2D eigenvalue weighted by Gasteiger charge is -2.09. The number of aromatic amines is 1. The second kappa shape index (κ2) is 7.08. The van der Waals surface area contributed by atoms with E-state index < -0.39 is 0 Å². The van der Waals surface area contributed by atoms with Crippen LogP contribution in [0.15, 0.2) is 36.4 Å². The second-order valence-corrected chi connectivity index (χ2v) is 7.28. The first kappa shape index (κ1) is 19.3. The highest BCUT2D eigenvalue weighted by Gasteiger charge is 2.28. The number of nitrogen functional groups attached to an aromatic ring is 1. The molecule has 4 aromatic rings. The fraction of sp³-hybridized carbons (Fsp3) is 0.174. The third-order valence-corrected chi connectivity index (χ3v) is 5.40. The number of aromatic hydroxyl groups is 1. The number of phenols is 1. The third-order valence-electron chi connectivity index (χ3n) is 5.40. The van der Waals surface area contributed by atoms with Gasteiger partial charge in [0.1, 0.15) is 17.0 Å². The zero-order chi connectivity index (χ0) is 21.6. The van der Waals surface area contributed by atoms with Crippen LogP contribution in [0.1, 0.15) is 22.4 Å². The van der Waals surface area contributed by atoms with Crippen molar-refractivity contribution in [3.63, 3.8) is 0 Å². The number of benzene rings is 2. The summed E-state index contributed by atoms with van der Waals surface area (Å²) in [6.07, 6.45) is 0. The van der Waals surface area contributed by atoms with Crippen molar-refractivity contribution in [1.82, 2.24) is 10.1 Å². The molecule has 0 saturated heterocycles. The summed E-state index contributed by atoms with van der Waals surface area (Å²) < 4.78 is 7.13. The van der Waals surface area contributed by atoms with E-state index >= 15 is 0 Å². The Morgan fingerprint density at radius 3 is 2.57 bits per heavy atom. The van der Waals surface area contributed by atoms with Gasteiger partial charge in [0.15, 0.2) is 17.2 Å². The Balaban J connectivity index is 2.09. The van der Waals surface area contributed by atoms with E-state index in [-0.39, 0.29) is 17.1 Å². The van der Waals surface area contributed by atoms with Crippen molar-refractivity contribution in [2.45, 2.75) is 20.8 Å².